The average Bonchev–Trinajstić information content (AvgIpc) is 2.79. The van der Waals surface area contributed by atoms with E-state index in [4.69, 9.17) is 4.74 Å². The van der Waals surface area contributed by atoms with Crippen LogP contribution in [0.5, 0.6) is 5.75 Å². The second kappa shape index (κ2) is 10.8. The molecule has 0 aromatic heterocycles. The van der Waals surface area contributed by atoms with Crippen molar-refractivity contribution in [3.05, 3.63) is 48.5 Å². The molecular formula is C23H32N4O4S. The summed E-state index contributed by atoms with van der Waals surface area (Å²) in [5.74, 6) is 0.615. The monoisotopic (exact) mass is 460 g/mol. The van der Waals surface area contributed by atoms with Gasteiger partial charge in [0.15, 0.2) is 0 Å². The molecule has 0 saturated carbocycles. The Morgan fingerprint density at radius 1 is 1.03 bits per heavy atom. The van der Waals surface area contributed by atoms with Crippen molar-refractivity contribution < 1.29 is 17.9 Å². The fraction of sp³-hybridized carbons (Fsp3) is 0.435. The first-order valence-electron chi connectivity index (χ1n) is 10.8. The van der Waals surface area contributed by atoms with E-state index in [-0.39, 0.29) is 16.7 Å². The number of amides is 1. The number of hydrogen-bond donors (Lipinski definition) is 2. The van der Waals surface area contributed by atoms with Crippen LogP contribution in [0.15, 0.2) is 53.4 Å². The molecule has 0 radical (unpaired) electrons. The molecule has 1 fully saturated rings. The van der Waals surface area contributed by atoms with E-state index in [2.05, 4.69) is 25.9 Å². The van der Waals surface area contributed by atoms with Crippen molar-refractivity contribution in [3.8, 4) is 5.75 Å². The maximum atomic E-state index is 12.6. The van der Waals surface area contributed by atoms with Crippen molar-refractivity contribution in [2.24, 2.45) is 5.92 Å². The number of methoxy groups -OCH3 is 1. The molecule has 2 aromatic carbocycles. The van der Waals surface area contributed by atoms with Gasteiger partial charge in [-0.05, 0) is 36.4 Å². The Bertz CT molecular complexity index is 1000. The van der Waals surface area contributed by atoms with Gasteiger partial charge < -0.3 is 15.0 Å². The molecule has 1 amide bonds. The lowest BCUT2D eigenvalue weighted by atomic mass is 10.2. The van der Waals surface area contributed by atoms with Crippen molar-refractivity contribution in [2.75, 3.05) is 56.6 Å². The van der Waals surface area contributed by atoms with Crippen LogP contribution in [-0.2, 0) is 14.8 Å². The van der Waals surface area contributed by atoms with E-state index in [1.807, 2.05) is 18.2 Å². The molecular weight excluding hydrogens is 428 g/mol. The molecule has 0 unspecified atom stereocenters. The topological polar surface area (TPSA) is 91.0 Å². The van der Waals surface area contributed by atoms with Crippen LogP contribution < -0.4 is 19.7 Å². The van der Waals surface area contributed by atoms with Crippen molar-refractivity contribution in [1.82, 2.24) is 9.62 Å². The van der Waals surface area contributed by atoms with Crippen LogP contribution in [-0.4, -0.2) is 65.6 Å². The van der Waals surface area contributed by atoms with Gasteiger partial charge in [0.2, 0.25) is 15.9 Å². The number of anilines is 2. The quantitative estimate of drug-likeness (QED) is 0.597. The lowest BCUT2D eigenvalue weighted by Crippen LogP contribution is -2.48. The van der Waals surface area contributed by atoms with Gasteiger partial charge >= 0.3 is 0 Å². The Labute approximate surface area is 190 Å². The SMILES string of the molecule is COc1ccccc1N1CCN(CCNS(=O)(=O)c2ccc(NC(=O)C(C)C)cc2)CC1. The van der Waals surface area contributed by atoms with Crippen molar-refractivity contribution in [2.45, 2.75) is 18.7 Å². The molecule has 9 heteroatoms. The van der Waals surface area contributed by atoms with Gasteiger partial charge in [0, 0.05) is 50.9 Å². The normalized spacial score (nSPS) is 15.1. The summed E-state index contributed by atoms with van der Waals surface area (Å²) in [5, 5.41) is 2.76. The largest absolute Gasteiger partial charge is 0.495 e. The van der Waals surface area contributed by atoms with E-state index in [1.54, 1.807) is 33.1 Å². The van der Waals surface area contributed by atoms with Crippen LogP contribution in [0.4, 0.5) is 11.4 Å². The smallest absolute Gasteiger partial charge is 0.240 e. The molecule has 32 heavy (non-hydrogen) atoms. The van der Waals surface area contributed by atoms with Gasteiger partial charge in [-0.2, -0.15) is 0 Å². The summed E-state index contributed by atoms with van der Waals surface area (Å²) in [6.07, 6.45) is 0. The highest BCUT2D eigenvalue weighted by molar-refractivity contribution is 7.89. The van der Waals surface area contributed by atoms with Gasteiger partial charge in [-0.15, -0.1) is 0 Å². The molecule has 174 valence electrons. The number of nitrogens with one attached hydrogen (secondary N) is 2. The zero-order chi connectivity index (χ0) is 23.1. The summed E-state index contributed by atoms with van der Waals surface area (Å²) < 4.78 is 33.3. The number of sulfonamides is 1. The molecule has 0 spiro atoms. The van der Waals surface area contributed by atoms with Gasteiger partial charge in [-0.3, -0.25) is 9.69 Å². The van der Waals surface area contributed by atoms with Gasteiger partial charge in [-0.1, -0.05) is 26.0 Å². The highest BCUT2D eigenvalue weighted by Gasteiger charge is 2.20. The third-order valence-electron chi connectivity index (χ3n) is 5.47. The zero-order valence-electron chi connectivity index (χ0n) is 18.9. The minimum absolute atomic E-state index is 0.107. The molecule has 0 atom stereocenters. The Kier molecular flexibility index (Phi) is 8.11. The van der Waals surface area contributed by atoms with Crippen LogP contribution in [0.3, 0.4) is 0 Å². The predicted octanol–water partition coefficient (Wildman–Crippen LogP) is 2.39. The van der Waals surface area contributed by atoms with Crippen LogP contribution >= 0.6 is 0 Å². The van der Waals surface area contributed by atoms with Crippen molar-refractivity contribution in [1.29, 1.82) is 0 Å². The lowest BCUT2D eigenvalue weighted by molar-refractivity contribution is -0.118. The molecule has 2 aromatic rings. The summed E-state index contributed by atoms with van der Waals surface area (Å²) in [4.78, 5) is 16.5. The number of piperazine rings is 1. The van der Waals surface area contributed by atoms with Crippen LogP contribution in [0, 0.1) is 5.92 Å². The number of ether oxygens (including phenoxy) is 1. The Hall–Kier alpha value is -2.62. The average molecular weight is 461 g/mol. The molecule has 8 nitrogen and oxygen atoms in total. The highest BCUT2D eigenvalue weighted by Crippen LogP contribution is 2.28. The Morgan fingerprint density at radius 3 is 2.31 bits per heavy atom. The lowest BCUT2D eigenvalue weighted by Gasteiger charge is -2.36. The van der Waals surface area contributed by atoms with E-state index in [0.29, 0.717) is 18.8 Å². The number of hydrogen-bond acceptors (Lipinski definition) is 6. The molecule has 3 rings (SSSR count). The Balaban J connectivity index is 1.46. The summed E-state index contributed by atoms with van der Waals surface area (Å²) in [7, 11) is -1.92. The van der Waals surface area contributed by atoms with Gasteiger partial charge in [-0.25, -0.2) is 13.1 Å². The second-order valence-corrected chi connectivity index (χ2v) is 9.83. The van der Waals surface area contributed by atoms with E-state index in [0.717, 1.165) is 37.6 Å². The van der Waals surface area contributed by atoms with E-state index >= 15 is 0 Å². The molecule has 1 aliphatic rings. The van der Waals surface area contributed by atoms with E-state index in [9.17, 15) is 13.2 Å². The number of rotatable bonds is 9. The van der Waals surface area contributed by atoms with E-state index in [1.165, 1.54) is 12.1 Å². The first kappa shape index (κ1) is 24.0. The fourth-order valence-electron chi connectivity index (χ4n) is 3.53. The number of nitrogens with zero attached hydrogens (tertiary/aromatic N) is 2. The first-order chi connectivity index (χ1) is 15.3. The molecule has 0 bridgehead atoms. The Morgan fingerprint density at radius 2 is 1.69 bits per heavy atom. The maximum absolute atomic E-state index is 12.6. The molecule has 1 aliphatic heterocycles. The molecule has 2 N–H and O–H groups in total. The fourth-order valence-corrected chi connectivity index (χ4v) is 4.55. The second-order valence-electron chi connectivity index (χ2n) is 8.07. The maximum Gasteiger partial charge on any atom is 0.240 e. The van der Waals surface area contributed by atoms with Crippen molar-refractivity contribution >= 4 is 27.3 Å². The third-order valence-corrected chi connectivity index (χ3v) is 6.95. The number of benzene rings is 2. The first-order valence-corrected chi connectivity index (χ1v) is 12.3. The molecule has 1 saturated heterocycles. The summed E-state index contributed by atoms with van der Waals surface area (Å²) in [6, 6.07) is 14.2. The summed E-state index contributed by atoms with van der Waals surface area (Å²) in [5.41, 5.74) is 1.67. The number of carbonyl (C=O) groups excluding carboxylic acids is 1. The van der Waals surface area contributed by atoms with Gasteiger partial charge in [0.05, 0.1) is 17.7 Å². The van der Waals surface area contributed by atoms with Crippen LogP contribution in [0.1, 0.15) is 13.8 Å². The van der Waals surface area contributed by atoms with Gasteiger partial charge in [0.25, 0.3) is 0 Å². The van der Waals surface area contributed by atoms with Crippen LogP contribution in [0.25, 0.3) is 0 Å². The van der Waals surface area contributed by atoms with Crippen molar-refractivity contribution in [3.63, 3.8) is 0 Å². The number of carbonyl (C=O) groups is 1. The van der Waals surface area contributed by atoms with Crippen LogP contribution in [0.2, 0.25) is 0 Å². The zero-order valence-corrected chi connectivity index (χ0v) is 19.7. The van der Waals surface area contributed by atoms with Gasteiger partial charge in [0.1, 0.15) is 5.75 Å². The predicted molar refractivity (Wildman–Crippen MR) is 127 cm³/mol. The van der Waals surface area contributed by atoms with E-state index < -0.39 is 10.0 Å². The minimum atomic E-state index is -3.60. The standard InChI is InChI=1S/C23H32N4O4S/c1-18(2)23(28)25-19-8-10-20(11-9-19)32(29,30)24-12-13-26-14-16-27(17-15-26)21-6-4-5-7-22(21)31-3/h4-11,18,24H,12-17H2,1-3H3,(H,25,28). The highest BCUT2D eigenvalue weighted by atomic mass is 32.2. The number of para-hydroxylation sites is 2. The molecule has 1 heterocycles. The third kappa shape index (κ3) is 6.21. The summed E-state index contributed by atoms with van der Waals surface area (Å²) in [6.45, 7) is 8.00. The molecule has 0 aliphatic carbocycles. The summed E-state index contributed by atoms with van der Waals surface area (Å²) >= 11 is 0. The minimum Gasteiger partial charge on any atom is -0.495 e.